The Hall–Kier alpha value is -3.57. The predicted molar refractivity (Wildman–Crippen MR) is 114 cm³/mol. The molecule has 2 aromatic carbocycles. The van der Waals surface area contributed by atoms with Gasteiger partial charge in [0, 0.05) is 31.9 Å². The lowest BCUT2D eigenvalue weighted by molar-refractivity contribution is -0.154. The highest BCUT2D eigenvalue weighted by molar-refractivity contribution is 5.55. The summed E-state index contributed by atoms with van der Waals surface area (Å²) >= 11 is 0. The molecule has 0 aliphatic heterocycles. The maximum Gasteiger partial charge on any atom is 0.422 e. The highest BCUT2D eigenvalue weighted by Crippen LogP contribution is 2.31. The average Bonchev–Trinajstić information content (AvgIpc) is 2.76. The molecule has 34 heavy (non-hydrogen) atoms. The lowest BCUT2D eigenvalue weighted by Crippen LogP contribution is -2.21. The third kappa shape index (κ3) is 7.49. The summed E-state index contributed by atoms with van der Waals surface area (Å²) in [7, 11) is 3.81. The number of alkyl halides is 6. The zero-order chi connectivity index (χ0) is 24.9. The molecule has 0 aliphatic carbocycles. The summed E-state index contributed by atoms with van der Waals surface area (Å²) in [6, 6.07) is 11.3. The van der Waals surface area contributed by atoms with Gasteiger partial charge in [0.15, 0.2) is 6.61 Å². The Morgan fingerprint density at radius 2 is 1.59 bits per heavy atom. The minimum absolute atomic E-state index is 0.00743. The van der Waals surface area contributed by atoms with Crippen molar-refractivity contribution in [2.45, 2.75) is 25.2 Å². The van der Waals surface area contributed by atoms with E-state index < -0.39 is 30.5 Å². The summed E-state index contributed by atoms with van der Waals surface area (Å²) in [5.41, 5.74) is 1.05. The molecule has 1 heterocycles. The molecule has 0 amide bonds. The molecule has 0 atom stereocenters. The SMILES string of the molecule is CN(C)c1ccc(CCc2nc(Nc3cccc(C(F)(F)F)c3)nc(OCC(F)(F)F)n2)cc1. The van der Waals surface area contributed by atoms with Gasteiger partial charge in [-0.05, 0) is 42.3 Å². The van der Waals surface area contributed by atoms with E-state index >= 15 is 0 Å². The first-order valence-electron chi connectivity index (χ1n) is 10.0. The van der Waals surface area contributed by atoms with Crippen LogP contribution in [0.4, 0.5) is 43.7 Å². The van der Waals surface area contributed by atoms with Crippen LogP contribution in [0.1, 0.15) is 17.0 Å². The fourth-order valence-electron chi connectivity index (χ4n) is 2.90. The zero-order valence-corrected chi connectivity index (χ0v) is 18.2. The Bertz CT molecular complexity index is 1100. The fraction of sp³-hybridized carbons (Fsp3) is 0.318. The molecule has 0 saturated heterocycles. The predicted octanol–water partition coefficient (Wildman–Crippen LogP) is 5.43. The summed E-state index contributed by atoms with van der Waals surface area (Å²) < 4.78 is 81.3. The third-order valence-electron chi connectivity index (χ3n) is 4.56. The lowest BCUT2D eigenvalue weighted by Gasteiger charge is -2.13. The van der Waals surface area contributed by atoms with Gasteiger partial charge in [0.1, 0.15) is 5.82 Å². The van der Waals surface area contributed by atoms with Crippen LogP contribution in [0.5, 0.6) is 6.01 Å². The van der Waals surface area contributed by atoms with E-state index in [9.17, 15) is 26.3 Å². The number of aryl methyl sites for hydroxylation is 2. The molecule has 3 aromatic rings. The molecule has 0 aliphatic rings. The molecule has 0 saturated carbocycles. The molecule has 0 unspecified atom stereocenters. The monoisotopic (exact) mass is 485 g/mol. The minimum atomic E-state index is -4.62. The summed E-state index contributed by atoms with van der Waals surface area (Å²) in [5, 5.41) is 2.58. The van der Waals surface area contributed by atoms with E-state index in [-0.39, 0.29) is 23.9 Å². The van der Waals surface area contributed by atoms with Crippen LogP contribution in [0, 0.1) is 0 Å². The van der Waals surface area contributed by atoms with E-state index in [1.807, 2.05) is 43.3 Å². The Labute approximate surface area is 191 Å². The van der Waals surface area contributed by atoms with Crippen LogP contribution in [0.15, 0.2) is 48.5 Å². The van der Waals surface area contributed by atoms with Crippen LogP contribution in [0.3, 0.4) is 0 Å². The van der Waals surface area contributed by atoms with E-state index in [0.717, 1.165) is 23.4 Å². The number of nitrogens with zero attached hydrogens (tertiary/aromatic N) is 4. The van der Waals surface area contributed by atoms with Crippen molar-refractivity contribution < 1.29 is 31.1 Å². The van der Waals surface area contributed by atoms with E-state index in [4.69, 9.17) is 0 Å². The average molecular weight is 485 g/mol. The van der Waals surface area contributed by atoms with Gasteiger partial charge in [-0.2, -0.15) is 41.3 Å². The first-order valence-corrected chi connectivity index (χ1v) is 10.0. The van der Waals surface area contributed by atoms with E-state index in [0.29, 0.717) is 6.42 Å². The number of nitrogens with one attached hydrogen (secondary N) is 1. The Morgan fingerprint density at radius 3 is 2.21 bits per heavy atom. The molecule has 0 bridgehead atoms. The number of aromatic nitrogens is 3. The fourth-order valence-corrected chi connectivity index (χ4v) is 2.90. The van der Waals surface area contributed by atoms with Gasteiger partial charge in [-0.25, -0.2) is 0 Å². The number of halogens is 6. The molecule has 1 aromatic heterocycles. The second-order valence-electron chi connectivity index (χ2n) is 7.53. The second kappa shape index (κ2) is 10.1. The third-order valence-corrected chi connectivity index (χ3v) is 4.56. The molecule has 1 N–H and O–H groups in total. The quantitative estimate of drug-likeness (QED) is 0.430. The Kier molecular flexibility index (Phi) is 7.48. The topological polar surface area (TPSA) is 63.2 Å². The molecule has 0 spiro atoms. The van der Waals surface area contributed by atoms with E-state index in [2.05, 4.69) is 25.0 Å². The zero-order valence-electron chi connectivity index (χ0n) is 18.2. The van der Waals surface area contributed by atoms with Crippen molar-refractivity contribution in [3.8, 4) is 6.01 Å². The Morgan fingerprint density at radius 1 is 0.882 bits per heavy atom. The second-order valence-corrected chi connectivity index (χ2v) is 7.53. The summed E-state index contributed by atoms with van der Waals surface area (Å²) in [6.45, 7) is -1.62. The number of benzene rings is 2. The first-order chi connectivity index (χ1) is 15.9. The van der Waals surface area contributed by atoms with Crippen molar-refractivity contribution >= 4 is 17.3 Å². The normalized spacial score (nSPS) is 11.9. The lowest BCUT2D eigenvalue weighted by atomic mass is 10.1. The maximum atomic E-state index is 13.0. The molecule has 0 fully saturated rings. The van der Waals surface area contributed by atoms with Crippen molar-refractivity contribution in [1.29, 1.82) is 0 Å². The maximum absolute atomic E-state index is 13.0. The van der Waals surface area contributed by atoms with Gasteiger partial charge < -0.3 is 15.0 Å². The number of rotatable bonds is 8. The summed E-state index contributed by atoms with van der Waals surface area (Å²) in [4.78, 5) is 13.8. The summed E-state index contributed by atoms with van der Waals surface area (Å²) in [6.07, 6.45) is -8.47. The number of ether oxygens (including phenoxy) is 1. The molecular formula is C22H21F6N5O. The van der Waals surface area contributed by atoms with Gasteiger partial charge in [0.2, 0.25) is 5.95 Å². The van der Waals surface area contributed by atoms with Gasteiger partial charge in [0.05, 0.1) is 5.56 Å². The highest BCUT2D eigenvalue weighted by atomic mass is 19.4. The molecule has 3 rings (SSSR count). The van der Waals surface area contributed by atoms with Crippen LogP contribution < -0.4 is 15.0 Å². The minimum Gasteiger partial charge on any atom is -0.454 e. The van der Waals surface area contributed by atoms with Crippen molar-refractivity contribution in [3.63, 3.8) is 0 Å². The van der Waals surface area contributed by atoms with Crippen LogP contribution in [0.2, 0.25) is 0 Å². The molecule has 0 radical (unpaired) electrons. The van der Waals surface area contributed by atoms with Gasteiger partial charge in [-0.15, -0.1) is 0 Å². The van der Waals surface area contributed by atoms with Crippen LogP contribution in [-0.2, 0) is 19.0 Å². The van der Waals surface area contributed by atoms with Gasteiger partial charge >= 0.3 is 18.4 Å². The van der Waals surface area contributed by atoms with Crippen LogP contribution in [0.25, 0.3) is 0 Å². The molecule has 6 nitrogen and oxygen atoms in total. The highest BCUT2D eigenvalue weighted by Gasteiger charge is 2.31. The van der Waals surface area contributed by atoms with Crippen LogP contribution in [-0.4, -0.2) is 41.8 Å². The van der Waals surface area contributed by atoms with Crippen molar-refractivity contribution in [3.05, 3.63) is 65.5 Å². The van der Waals surface area contributed by atoms with E-state index in [1.165, 1.54) is 12.1 Å². The number of hydrogen-bond donors (Lipinski definition) is 1. The van der Waals surface area contributed by atoms with Crippen molar-refractivity contribution in [1.82, 2.24) is 15.0 Å². The number of anilines is 3. The van der Waals surface area contributed by atoms with Gasteiger partial charge in [0.25, 0.3) is 0 Å². The summed E-state index contributed by atoms with van der Waals surface area (Å²) in [5.74, 6) is -0.109. The first kappa shape index (κ1) is 25.1. The molecular weight excluding hydrogens is 464 g/mol. The van der Waals surface area contributed by atoms with Crippen LogP contribution >= 0.6 is 0 Å². The van der Waals surface area contributed by atoms with E-state index in [1.54, 1.807) is 0 Å². The molecule has 12 heteroatoms. The van der Waals surface area contributed by atoms with Crippen molar-refractivity contribution in [2.24, 2.45) is 0 Å². The van der Waals surface area contributed by atoms with Gasteiger partial charge in [-0.3, -0.25) is 0 Å². The molecule has 182 valence electrons. The van der Waals surface area contributed by atoms with Crippen molar-refractivity contribution in [2.75, 3.05) is 30.9 Å². The Balaban J connectivity index is 1.81. The standard InChI is InChI=1S/C22H21F6N5O/c1-33(2)17-9-6-14(7-10-17)8-11-18-30-19(32-20(31-18)34-13-21(23,24)25)29-16-5-3-4-15(12-16)22(26,27)28/h3-7,9-10,12H,8,11,13H2,1-2H3,(H,29,30,31,32). The number of hydrogen-bond acceptors (Lipinski definition) is 6. The largest absolute Gasteiger partial charge is 0.454 e. The smallest absolute Gasteiger partial charge is 0.422 e. The van der Waals surface area contributed by atoms with Gasteiger partial charge in [-0.1, -0.05) is 18.2 Å².